The van der Waals surface area contributed by atoms with E-state index < -0.39 is 21.2 Å². The molecule has 0 aliphatic rings. The van der Waals surface area contributed by atoms with Crippen LogP contribution in [0.15, 0.2) is 73.2 Å². The molecule has 4 aromatic rings. The summed E-state index contributed by atoms with van der Waals surface area (Å²) in [6.07, 6.45) is 0. The van der Waals surface area contributed by atoms with Crippen LogP contribution in [0.2, 0.25) is 0 Å². The van der Waals surface area contributed by atoms with Gasteiger partial charge in [0.05, 0.1) is 16.0 Å². The quantitative estimate of drug-likeness (QED) is 0.398. The fourth-order valence-corrected chi connectivity index (χ4v) is 4.15. The second-order valence-electron chi connectivity index (χ2n) is 6.04. The topological polar surface area (TPSA) is 117 Å². The molecular formula is C19H12BrNO6S. The summed E-state index contributed by atoms with van der Waals surface area (Å²) in [5, 5.41) is 19.6. The minimum atomic E-state index is -3.84. The third-order valence-corrected chi connectivity index (χ3v) is 6.04. The highest BCUT2D eigenvalue weighted by Gasteiger charge is 2.17. The van der Waals surface area contributed by atoms with E-state index in [1.54, 1.807) is 12.1 Å². The average molecular weight is 462 g/mol. The highest BCUT2D eigenvalue weighted by molar-refractivity contribution is 9.10. The number of anilines is 1. The van der Waals surface area contributed by atoms with Crippen LogP contribution in [0.5, 0.6) is 11.5 Å². The van der Waals surface area contributed by atoms with Crippen molar-refractivity contribution < 1.29 is 23.0 Å². The first-order valence-corrected chi connectivity index (χ1v) is 10.2. The van der Waals surface area contributed by atoms with E-state index in [9.17, 15) is 23.4 Å². The predicted molar refractivity (Wildman–Crippen MR) is 108 cm³/mol. The van der Waals surface area contributed by atoms with Gasteiger partial charge in [-0.2, -0.15) is 0 Å². The molecule has 3 aromatic carbocycles. The van der Waals surface area contributed by atoms with Crippen molar-refractivity contribution in [3.63, 3.8) is 0 Å². The molecule has 9 heteroatoms. The van der Waals surface area contributed by atoms with Gasteiger partial charge in [0.1, 0.15) is 28.1 Å². The van der Waals surface area contributed by atoms with Gasteiger partial charge in [0, 0.05) is 22.7 Å². The fraction of sp³-hybridized carbons (Fsp3) is 0. The van der Waals surface area contributed by atoms with E-state index in [-0.39, 0.29) is 38.3 Å². The summed E-state index contributed by atoms with van der Waals surface area (Å²) in [7, 11) is -3.84. The van der Waals surface area contributed by atoms with Gasteiger partial charge in [-0.25, -0.2) is 8.42 Å². The van der Waals surface area contributed by atoms with Gasteiger partial charge < -0.3 is 14.6 Å². The molecule has 0 amide bonds. The Labute approximate surface area is 167 Å². The van der Waals surface area contributed by atoms with Gasteiger partial charge >= 0.3 is 0 Å². The second-order valence-corrected chi connectivity index (χ2v) is 8.64. The molecule has 4 rings (SSSR count). The minimum absolute atomic E-state index is 0.0112. The Morgan fingerprint density at radius 2 is 1.64 bits per heavy atom. The van der Waals surface area contributed by atoms with Crippen molar-refractivity contribution in [3.8, 4) is 11.5 Å². The molecule has 0 radical (unpaired) electrons. The number of aromatic hydroxyl groups is 2. The summed E-state index contributed by atoms with van der Waals surface area (Å²) in [6, 6.07) is 12.6. The van der Waals surface area contributed by atoms with Gasteiger partial charge in [0.25, 0.3) is 10.0 Å². The Balaban J connectivity index is 1.82. The van der Waals surface area contributed by atoms with Gasteiger partial charge in [-0.1, -0.05) is 15.9 Å². The maximum absolute atomic E-state index is 12.6. The van der Waals surface area contributed by atoms with Crippen LogP contribution >= 0.6 is 15.9 Å². The van der Waals surface area contributed by atoms with Crippen LogP contribution in [0.1, 0.15) is 0 Å². The number of phenols is 2. The first-order valence-electron chi connectivity index (χ1n) is 7.95. The molecule has 7 nitrogen and oxygen atoms in total. The van der Waals surface area contributed by atoms with Crippen LogP contribution in [0.3, 0.4) is 0 Å². The van der Waals surface area contributed by atoms with E-state index in [1.165, 1.54) is 36.4 Å². The molecule has 0 bridgehead atoms. The number of rotatable bonds is 3. The van der Waals surface area contributed by atoms with Crippen molar-refractivity contribution in [2.24, 2.45) is 0 Å². The van der Waals surface area contributed by atoms with Gasteiger partial charge in [-0.15, -0.1) is 0 Å². The lowest BCUT2D eigenvalue weighted by Gasteiger charge is -2.09. The summed E-state index contributed by atoms with van der Waals surface area (Å²) in [4.78, 5) is 12.7. The van der Waals surface area contributed by atoms with E-state index in [0.717, 1.165) is 10.5 Å². The van der Waals surface area contributed by atoms with Crippen molar-refractivity contribution in [1.82, 2.24) is 0 Å². The Kier molecular flexibility index (Phi) is 4.28. The third-order valence-electron chi connectivity index (χ3n) is 4.12. The third kappa shape index (κ3) is 3.19. The second kappa shape index (κ2) is 6.54. The first kappa shape index (κ1) is 18.3. The number of benzene rings is 3. The molecule has 0 aliphatic carbocycles. The van der Waals surface area contributed by atoms with E-state index >= 15 is 0 Å². The Hall–Kier alpha value is -3.04. The molecule has 142 valence electrons. The van der Waals surface area contributed by atoms with Crippen molar-refractivity contribution in [3.05, 3.63) is 69.3 Å². The van der Waals surface area contributed by atoms with E-state index in [0.29, 0.717) is 0 Å². The maximum atomic E-state index is 12.6. The zero-order valence-corrected chi connectivity index (χ0v) is 16.4. The number of phenolic OH excluding ortho intramolecular Hbond substituents is 2. The summed E-state index contributed by atoms with van der Waals surface area (Å²) in [6.45, 7) is 0. The van der Waals surface area contributed by atoms with Gasteiger partial charge in [-0.05, 0) is 36.4 Å². The number of nitrogens with one attached hydrogen (secondary N) is 1. The lowest BCUT2D eigenvalue weighted by Crippen LogP contribution is -2.13. The zero-order valence-electron chi connectivity index (χ0n) is 14.0. The molecule has 0 unspecified atom stereocenters. The van der Waals surface area contributed by atoms with Crippen LogP contribution in [0, 0.1) is 0 Å². The monoisotopic (exact) mass is 461 g/mol. The average Bonchev–Trinajstić information content (AvgIpc) is 2.61. The summed E-state index contributed by atoms with van der Waals surface area (Å²) in [5.41, 5.74) is -0.195. The highest BCUT2D eigenvalue weighted by Crippen LogP contribution is 2.31. The molecule has 0 fully saturated rings. The van der Waals surface area contributed by atoms with Crippen LogP contribution in [0.4, 0.5) is 5.69 Å². The molecule has 1 aromatic heterocycles. The summed E-state index contributed by atoms with van der Waals surface area (Å²) < 4.78 is 33.8. The molecule has 28 heavy (non-hydrogen) atoms. The highest BCUT2D eigenvalue weighted by atomic mass is 79.9. The van der Waals surface area contributed by atoms with Crippen LogP contribution in [-0.4, -0.2) is 18.6 Å². The summed E-state index contributed by atoms with van der Waals surface area (Å²) in [5.74, 6) is -0.662. The first-order chi connectivity index (χ1) is 13.2. The molecular weight excluding hydrogens is 450 g/mol. The van der Waals surface area contributed by atoms with Gasteiger partial charge in [0.2, 0.25) is 5.43 Å². The number of sulfonamides is 1. The maximum Gasteiger partial charge on any atom is 0.261 e. The van der Waals surface area contributed by atoms with E-state index in [4.69, 9.17) is 4.42 Å². The molecule has 3 N–H and O–H groups in total. The van der Waals surface area contributed by atoms with E-state index in [2.05, 4.69) is 20.7 Å². The van der Waals surface area contributed by atoms with Crippen LogP contribution < -0.4 is 10.2 Å². The molecule has 0 saturated carbocycles. The predicted octanol–water partition coefficient (Wildman–Crippen LogP) is 3.92. The van der Waals surface area contributed by atoms with Crippen LogP contribution in [-0.2, 0) is 10.0 Å². The number of hydrogen-bond donors (Lipinski definition) is 3. The fourth-order valence-electron chi connectivity index (χ4n) is 2.83. The number of fused-ring (bicyclic) bond motifs is 2. The van der Waals surface area contributed by atoms with Crippen molar-refractivity contribution >= 4 is 53.6 Å². The van der Waals surface area contributed by atoms with Crippen molar-refractivity contribution in [2.45, 2.75) is 4.90 Å². The molecule has 0 spiro atoms. The summed E-state index contributed by atoms with van der Waals surface area (Å²) >= 11 is 3.25. The molecule has 0 atom stereocenters. The van der Waals surface area contributed by atoms with Crippen LogP contribution in [0.25, 0.3) is 21.9 Å². The Morgan fingerprint density at radius 1 is 0.929 bits per heavy atom. The SMILES string of the molecule is O=c1c2ccc(NS(=O)(=O)c3ccc(Br)cc3)cc2oc2cc(O)cc(O)c12. The van der Waals surface area contributed by atoms with Crippen molar-refractivity contribution in [1.29, 1.82) is 0 Å². The Bertz CT molecular complexity index is 1390. The Morgan fingerprint density at radius 3 is 2.36 bits per heavy atom. The van der Waals surface area contributed by atoms with Gasteiger partial charge in [0.15, 0.2) is 0 Å². The normalized spacial score (nSPS) is 11.8. The number of halogens is 1. The minimum Gasteiger partial charge on any atom is -0.508 e. The lowest BCUT2D eigenvalue weighted by atomic mass is 10.1. The van der Waals surface area contributed by atoms with E-state index in [1.807, 2.05) is 0 Å². The smallest absolute Gasteiger partial charge is 0.261 e. The molecule has 1 heterocycles. The van der Waals surface area contributed by atoms with Crippen molar-refractivity contribution in [2.75, 3.05) is 4.72 Å². The number of hydrogen-bond acceptors (Lipinski definition) is 6. The lowest BCUT2D eigenvalue weighted by molar-refractivity contribution is 0.453. The molecule has 0 saturated heterocycles. The largest absolute Gasteiger partial charge is 0.508 e. The molecule has 0 aliphatic heterocycles. The van der Waals surface area contributed by atoms with Gasteiger partial charge in [-0.3, -0.25) is 9.52 Å². The standard InChI is InChI=1S/C19H12BrNO6S/c20-10-1-4-13(5-2-10)28(25,26)21-11-3-6-14-16(7-11)27-17-9-12(22)8-15(23)18(17)19(14)24/h1-9,21-23H. The zero-order chi connectivity index (χ0) is 20.1.